The van der Waals surface area contributed by atoms with Gasteiger partial charge in [0.15, 0.2) is 15.0 Å². The minimum absolute atomic E-state index is 0.0711. The number of sulfone groups is 1. The number of fused-ring (bicyclic) bond motifs is 1. The van der Waals surface area contributed by atoms with Crippen LogP contribution in [0.4, 0.5) is 5.13 Å². The van der Waals surface area contributed by atoms with Crippen LogP contribution < -0.4 is 10.1 Å². The Kier molecular flexibility index (Phi) is 7.85. The highest BCUT2D eigenvalue weighted by Crippen LogP contribution is 2.31. The molecule has 0 aliphatic heterocycles. The van der Waals surface area contributed by atoms with Crippen LogP contribution in [0.3, 0.4) is 0 Å². The molecule has 3 N–H and O–H groups in total. The third kappa shape index (κ3) is 5.79. The van der Waals surface area contributed by atoms with E-state index < -0.39 is 21.8 Å². The zero-order valence-corrected chi connectivity index (χ0v) is 21.3. The maximum Gasteiger partial charge on any atom is 0.271 e. The molecule has 4 aromatic rings. The highest BCUT2D eigenvalue weighted by atomic mass is 32.2. The predicted molar refractivity (Wildman–Crippen MR) is 139 cm³/mol. The fraction of sp³-hybridized carbons (Fsp3) is 0.192. The second-order valence-electron chi connectivity index (χ2n) is 8.02. The van der Waals surface area contributed by atoms with Gasteiger partial charge in [-0.2, -0.15) is 5.26 Å². The van der Waals surface area contributed by atoms with Crippen LogP contribution in [0.2, 0.25) is 0 Å². The lowest BCUT2D eigenvalue weighted by Crippen LogP contribution is -2.26. The fourth-order valence-corrected chi connectivity index (χ4v) is 5.48. The molecule has 0 aliphatic carbocycles. The van der Waals surface area contributed by atoms with E-state index in [4.69, 9.17) is 10.00 Å². The van der Waals surface area contributed by atoms with Gasteiger partial charge in [-0.3, -0.25) is 10.1 Å². The zero-order chi connectivity index (χ0) is 26.6. The summed E-state index contributed by atoms with van der Waals surface area (Å²) in [5.41, 5.74) is 2.38. The molecule has 0 radical (unpaired) electrons. The van der Waals surface area contributed by atoms with Crippen molar-refractivity contribution in [3.05, 3.63) is 82.9 Å². The molecule has 11 heteroatoms. The smallest absolute Gasteiger partial charge is 0.271 e. The number of hydrogen-bond donors (Lipinski definition) is 3. The Morgan fingerprint density at radius 1 is 1.11 bits per heavy atom. The van der Waals surface area contributed by atoms with Crippen molar-refractivity contribution in [2.75, 3.05) is 11.1 Å². The molecule has 190 valence electrons. The van der Waals surface area contributed by atoms with Crippen molar-refractivity contribution in [2.24, 2.45) is 0 Å². The predicted octanol–water partition coefficient (Wildman–Crippen LogP) is 3.70. The van der Waals surface area contributed by atoms with E-state index in [-0.39, 0.29) is 29.0 Å². The number of benzene rings is 3. The first kappa shape index (κ1) is 26.2. The number of hydrogen-bond acceptors (Lipinski definition) is 9. The van der Waals surface area contributed by atoms with Crippen LogP contribution in [0.1, 0.15) is 35.3 Å². The third-order valence-corrected chi connectivity index (χ3v) is 8.32. The maximum atomic E-state index is 13.4. The van der Waals surface area contributed by atoms with Crippen molar-refractivity contribution in [3.8, 4) is 11.8 Å². The van der Waals surface area contributed by atoms with Crippen LogP contribution in [-0.2, 0) is 27.8 Å². The standard InChI is InChI=1S/C26H23N3O6S2/c1-2-37(33,34)21-5-3-4-17(10-21)24(35-20-8-6-16(13-27)7-9-20)25(32)29-26-28-22-11-18(14-30)19(15-31)12-23(22)36-26/h3-12,24,30-31H,2,14-15H2,1H3,(H,28,29,32). The van der Waals surface area contributed by atoms with E-state index in [2.05, 4.69) is 10.3 Å². The van der Waals surface area contributed by atoms with Gasteiger partial charge in [0.1, 0.15) is 5.75 Å². The highest BCUT2D eigenvalue weighted by molar-refractivity contribution is 7.91. The number of nitriles is 1. The van der Waals surface area contributed by atoms with Crippen LogP contribution in [0, 0.1) is 11.3 Å². The third-order valence-electron chi connectivity index (χ3n) is 5.66. The zero-order valence-electron chi connectivity index (χ0n) is 19.7. The van der Waals surface area contributed by atoms with Gasteiger partial charge in [-0.1, -0.05) is 30.4 Å². The molecule has 1 atom stereocenters. The lowest BCUT2D eigenvalue weighted by atomic mass is 10.1. The summed E-state index contributed by atoms with van der Waals surface area (Å²) in [4.78, 5) is 17.9. The maximum absolute atomic E-state index is 13.4. The van der Waals surface area contributed by atoms with Crippen molar-refractivity contribution in [1.29, 1.82) is 5.26 Å². The van der Waals surface area contributed by atoms with Crippen molar-refractivity contribution < 1.29 is 28.2 Å². The molecule has 0 saturated carbocycles. The molecule has 37 heavy (non-hydrogen) atoms. The summed E-state index contributed by atoms with van der Waals surface area (Å²) in [6.07, 6.45) is -1.23. The molecule has 0 bridgehead atoms. The van der Waals surface area contributed by atoms with Crippen LogP contribution >= 0.6 is 11.3 Å². The van der Waals surface area contributed by atoms with Crippen LogP contribution in [0.25, 0.3) is 10.2 Å². The number of nitrogens with zero attached hydrogens (tertiary/aromatic N) is 2. The molecule has 1 aromatic heterocycles. The normalized spacial score (nSPS) is 12.2. The van der Waals surface area contributed by atoms with Gasteiger partial charge >= 0.3 is 0 Å². The lowest BCUT2D eigenvalue weighted by molar-refractivity contribution is -0.123. The van der Waals surface area contributed by atoms with E-state index in [1.54, 1.807) is 48.5 Å². The van der Waals surface area contributed by atoms with Gasteiger partial charge in [-0.05, 0) is 59.7 Å². The molecule has 1 heterocycles. The molecule has 3 aromatic carbocycles. The Morgan fingerprint density at radius 3 is 2.46 bits per heavy atom. The summed E-state index contributed by atoms with van der Waals surface area (Å²) < 4.78 is 31.6. The second kappa shape index (κ2) is 11.1. The Balaban J connectivity index is 1.70. The minimum Gasteiger partial charge on any atom is -0.476 e. The molecule has 1 amide bonds. The molecule has 4 rings (SSSR count). The summed E-state index contributed by atoms with van der Waals surface area (Å²) in [6, 6.07) is 17.6. The van der Waals surface area contributed by atoms with Gasteiger partial charge < -0.3 is 14.9 Å². The van der Waals surface area contributed by atoms with E-state index in [1.807, 2.05) is 6.07 Å². The van der Waals surface area contributed by atoms with E-state index in [0.717, 1.165) is 0 Å². The number of anilines is 1. The first-order chi connectivity index (χ1) is 17.8. The topological polar surface area (TPSA) is 150 Å². The summed E-state index contributed by atoms with van der Waals surface area (Å²) in [5, 5.41) is 31.2. The van der Waals surface area contributed by atoms with E-state index in [0.29, 0.717) is 38.2 Å². The van der Waals surface area contributed by atoms with Gasteiger partial charge in [-0.25, -0.2) is 13.4 Å². The van der Waals surface area contributed by atoms with Crippen molar-refractivity contribution in [3.63, 3.8) is 0 Å². The first-order valence-electron chi connectivity index (χ1n) is 11.2. The van der Waals surface area contributed by atoms with Gasteiger partial charge in [-0.15, -0.1) is 0 Å². The van der Waals surface area contributed by atoms with Crippen LogP contribution in [0.15, 0.2) is 65.6 Å². The second-order valence-corrected chi connectivity index (χ2v) is 11.3. The number of ether oxygens (including phenoxy) is 1. The number of carbonyl (C=O) groups excluding carboxylic acids is 1. The number of aliphatic hydroxyl groups is 2. The average Bonchev–Trinajstić information content (AvgIpc) is 3.32. The molecule has 0 fully saturated rings. The van der Waals surface area contributed by atoms with E-state index in [1.165, 1.54) is 30.4 Å². The monoisotopic (exact) mass is 537 g/mol. The number of amides is 1. The van der Waals surface area contributed by atoms with Crippen molar-refractivity contribution in [2.45, 2.75) is 31.1 Å². The minimum atomic E-state index is -3.53. The number of thiazole rings is 1. The number of nitrogens with one attached hydrogen (secondary N) is 1. The summed E-state index contributed by atoms with van der Waals surface area (Å²) in [6.45, 7) is 1.03. The Bertz CT molecular complexity index is 1550. The number of aliphatic hydroxyl groups excluding tert-OH is 2. The Labute approximate surface area is 217 Å². The summed E-state index contributed by atoms with van der Waals surface area (Å²) >= 11 is 1.19. The summed E-state index contributed by atoms with van der Waals surface area (Å²) in [5.74, 6) is -0.368. The Morgan fingerprint density at radius 2 is 1.81 bits per heavy atom. The molecule has 0 aliphatic rings. The van der Waals surface area contributed by atoms with Crippen molar-refractivity contribution >= 4 is 42.4 Å². The van der Waals surface area contributed by atoms with Crippen molar-refractivity contribution in [1.82, 2.24) is 4.98 Å². The van der Waals surface area contributed by atoms with Crippen LogP contribution in [0.5, 0.6) is 5.75 Å². The SMILES string of the molecule is CCS(=O)(=O)c1cccc(C(Oc2ccc(C#N)cc2)C(=O)Nc2nc3cc(CO)c(CO)cc3s2)c1. The average molecular weight is 538 g/mol. The number of carbonyl (C=O) groups is 1. The lowest BCUT2D eigenvalue weighted by Gasteiger charge is -2.19. The van der Waals surface area contributed by atoms with Crippen LogP contribution in [-0.4, -0.2) is 35.3 Å². The van der Waals surface area contributed by atoms with Gasteiger partial charge in [0.05, 0.1) is 45.7 Å². The largest absolute Gasteiger partial charge is 0.476 e. The quantitative estimate of drug-likeness (QED) is 0.293. The van der Waals surface area contributed by atoms with E-state index in [9.17, 15) is 23.4 Å². The first-order valence-corrected chi connectivity index (χ1v) is 13.7. The number of rotatable bonds is 9. The molecule has 1 unspecified atom stereocenters. The summed E-state index contributed by atoms with van der Waals surface area (Å²) in [7, 11) is -3.53. The number of aromatic nitrogens is 1. The Hall–Kier alpha value is -3.82. The highest BCUT2D eigenvalue weighted by Gasteiger charge is 2.26. The molecular formula is C26H23N3O6S2. The van der Waals surface area contributed by atoms with E-state index >= 15 is 0 Å². The molecular weight excluding hydrogens is 514 g/mol. The van der Waals surface area contributed by atoms with Gasteiger partial charge in [0.25, 0.3) is 5.91 Å². The van der Waals surface area contributed by atoms with Gasteiger partial charge in [0.2, 0.25) is 6.10 Å². The fourth-order valence-electron chi connectivity index (χ4n) is 3.63. The molecule has 0 saturated heterocycles. The molecule has 9 nitrogen and oxygen atoms in total. The molecule has 0 spiro atoms. The van der Waals surface area contributed by atoms with Gasteiger partial charge in [0, 0.05) is 5.56 Å².